The highest BCUT2D eigenvalue weighted by atomic mass is 32.2. The molecule has 0 radical (unpaired) electrons. The molecule has 0 aromatic heterocycles. The second kappa shape index (κ2) is 7.43. The summed E-state index contributed by atoms with van der Waals surface area (Å²) in [5.41, 5.74) is 0.564. The number of hydrogen-bond donors (Lipinski definition) is 1. The molecule has 0 saturated carbocycles. The van der Waals surface area contributed by atoms with Gasteiger partial charge in [-0.1, -0.05) is 6.07 Å². The molecule has 2 aromatic rings. The van der Waals surface area contributed by atoms with Gasteiger partial charge in [-0.2, -0.15) is 0 Å². The number of carbonyl (C=O) groups excluding carboxylic acids is 2. The van der Waals surface area contributed by atoms with Crippen molar-refractivity contribution in [3.63, 3.8) is 0 Å². The van der Waals surface area contributed by atoms with Crippen molar-refractivity contribution in [2.45, 2.75) is 13.0 Å². The molecule has 8 heteroatoms. The number of halogens is 1. The molecule has 0 amide bonds. The number of Topliss-reactive ketones (excluding diaryl/α,β-unsaturated/α-hetero) is 1. The second-order valence-electron chi connectivity index (χ2n) is 5.37. The molecule has 0 aliphatic carbocycles. The lowest BCUT2D eigenvalue weighted by atomic mass is 10.1. The molecule has 0 heterocycles. The van der Waals surface area contributed by atoms with E-state index in [1.807, 2.05) is 0 Å². The Balaban J connectivity index is 2.05. The summed E-state index contributed by atoms with van der Waals surface area (Å²) in [6.45, 7) is 1.40. The molecule has 0 aliphatic heterocycles. The van der Waals surface area contributed by atoms with Crippen LogP contribution in [0.1, 0.15) is 27.6 Å². The third kappa shape index (κ3) is 5.39. The Kier molecular flexibility index (Phi) is 5.53. The zero-order chi connectivity index (χ0) is 18.6. The fraction of sp³-hybridized carbons (Fsp3) is 0.176. The summed E-state index contributed by atoms with van der Waals surface area (Å²) in [5, 5.41) is 0. The van der Waals surface area contributed by atoms with Gasteiger partial charge in [0.25, 0.3) is 0 Å². The highest BCUT2D eigenvalue weighted by Gasteiger charge is 2.20. The molecule has 2 rings (SSSR count). The van der Waals surface area contributed by atoms with Gasteiger partial charge in [-0.15, -0.1) is 0 Å². The Morgan fingerprint density at radius 3 is 2.28 bits per heavy atom. The number of hydrogen-bond acceptors (Lipinski definition) is 5. The molecule has 2 aromatic carbocycles. The molecule has 132 valence electrons. The zero-order valence-corrected chi connectivity index (χ0v) is 14.3. The highest BCUT2D eigenvalue weighted by molar-refractivity contribution is 7.92. The van der Waals surface area contributed by atoms with Crippen LogP contribution in [0.5, 0.6) is 0 Å². The van der Waals surface area contributed by atoms with Crippen LogP contribution < -0.4 is 4.72 Å². The summed E-state index contributed by atoms with van der Waals surface area (Å²) in [7, 11) is -3.41. The van der Waals surface area contributed by atoms with E-state index in [1.54, 1.807) is 0 Å². The van der Waals surface area contributed by atoms with Crippen LogP contribution in [0.2, 0.25) is 0 Å². The number of carbonyl (C=O) groups is 2. The molecular weight excluding hydrogens is 349 g/mol. The summed E-state index contributed by atoms with van der Waals surface area (Å²) < 4.78 is 42.7. The Labute approximate surface area is 144 Å². The van der Waals surface area contributed by atoms with Gasteiger partial charge in [0.2, 0.25) is 15.8 Å². The fourth-order valence-electron chi connectivity index (χ4n) is 2.05. The summed E-state index contributed by atoms with van der Waals surface area (Å²) in [5.74, 6) is -1.85. The molecule has 1 N–H and O–H groups in total. The molecule has 0 unspecified atom stereocenters. The largest absolute Gasteiger partial charge is 0.451 e. The highest BCUT2D eigenvalue weighted by Crippen LogP contribution is 2.14. The van der Waals surface area contributed by atoms with E-state index in [1.165, 1.54) is 49.4 Å². The first-order valence-corrected chi connectivity index (χ1v) is 9.13. The van der Waals surface area contributed by atoms with Crippen LogP contribution in [0.3, 0.4) is 0 Å². The van der Waals surface area contributed by atoms with E-state index in [9.17, 15) is 22.4 Å². The summed E-state index contributed by atoms with van der Waals surface area (Å²) in [6.07, 6.45) is -0.0653. The van der Waals surface area contributed by atoms with E-state index in [0.29, 0.717) is 5.69 Å². The van der Waals surface area contributed by atoms with Crippen molar-refractivity contribution in [3.05, 3.63) is 65.5 Å². The number of sulfonamides is 1. The summed E-state index contributed by atoms with van der Waals surface area (Å²) in [4.78, 5) is 24.2. The topological polar surface area (TPSA) is 89.5 Å². The van der Waals surface area contributed by atoms with Gasteiger partial charge in [-0.25, -0.2) is 17.6 Å². The van der Waals surface area contributed by atoms with Gasteiger partial charge in [0.15, 0.2) is 6.10 Å². The van der Waals surface area contributed by atoms with Gasteiger partial charge in [0.05, 0.1) is 11.8 Å². The van der Waals surface area contributed by atoms with Gasteiger partial charge in [0.1, 0.15) is 5.82 Å². The van der Waals surface area contributed by atoms with Crippen molar-refractivity contribution < 1.29 is 27.1 Å². The van der Waals surface area contributed by atoms with Crippen LogP contribution in [-0.2, 0) is 14.8 Å². The van der Waals surface area contributed by atoms with E-state index >= 15 is 0 Å². The predicted octanol–water partition coefficient (Wildman–Crippen LogP) is 2.63. The third-order valence-electron chi connectivity index (χ3n) is 3.19. The maximum Gasteiger partial charge on any atom is 0.338 e. The van der Waals surface area contributed by atoms with Gasteiger partial charge in [-0.05, 0) is 49.4 Å². The first-order chi connectivity index (χ1) is 11.7. The fourth-order valence-corrected chi connectivity index (χ4v) is 2.61. The lowest BCUT2D eigenvalue weighted by molar-refractivity contribution is 0.0318. The van der Waals surface area contributed by atoms with Gasteiger partial charge in [-0.3, -0.25) is 9.52 Å². The number of ether oxygens (including phenoxy) is 1. The molecule has 0 spiro atoms. The molecule has 6 nitrogen and oxygen atoms in total. The molecule has 0 bridgehead atoms. The van der Waals surface area contributed by atoms with Gasteiger partial charge in [0, 0.05) is 11.3 Å². The Morgan fingerprint density at radius 1 is 1.08 bits per heavy atom. The number of esters is 1. The lowest BCUT2D eigenvalue weighted by Crippen LogP contribution is -2.24. The van der Waals surface area contributed by atoms with E-state index in [2.05, 4.69) is 4.72 Å². The van der Waals surface area contributed by atoms with Gasteiger partial charge >= 0.3 is 5.97 Å². The monoisotopic (exact) mass is 365 g/mol. The minimum atomic E-state index is -3.41. The van der Waals surface area contributed by atoms with Crippen LogP contribution in [0.4, 0.5) is 10.1 Å². The predicted molar refractivity (Wildman–Crippen MR) is 90.5 cm³/mol. The van der Waals surface area contributed by atoms with E-state index in [4.69, 9.17) is 4.74 Å². The second-order valence-corrected chi connectivity index (χ2v) is 7.12. The average Bonchev–Trinajstić information content (AvgIpc) is 2.53. The van der Waals surface area contributed by atoms with Crippen molar-refractivity contribution in [3.8, 4) is 0 Å². The SMILES string of the molecule is C[C@@H](OC(=O)c1cccc(F)c1)C(=O)c1ccc(NS(C)(=O)=O)cc1. The average molecular weight is 365 g/mol. The Hall–Kier alpha value is -2.74. The van der Waals surface area contributed by atoms with Crippen molar-refractivity contribution in [1.29, 1.82) is 0 Å². The summed E-state index contributed by atoms with van der Waals surface area (Å²) >= 11 is 0. The molecule has 1 atom stereocenters. The van der Waals surface area contributed by atoms with Crippen molar-refractivity contribution >= 4 is 27.5 Å². The van der Waals surface area contributed by atoms with Crippen LogP contribution in [0.25, 0.3) is 0 Å². The van der Waals surface area contributed by atoms with Crippen molar-refractivity contribution in [1.82, 2.24) is 0 Å². The quantitative estimate of drug-likeness (QED) is 0.628. The van der Waals surface area contributed by atoms with E-state index in [0.717, 1.165) is 12.3 Å². The standard InChI is InChI=1S/C17H16FNO5S/c1-11(24-17(21)13-4-3-5-14(18)10-13)16(20)12-6-8-15(9-7-12)19-25(2,22)23/h3-11,19H,1-2H3/t11-/m1/s1. The Bertz CT molecular complexity index is 894. The first kappa shape index (κ1) is 18.6. The zero-order valence-electron chi connectivity index (χ0n) is 13.5. The van der Waals surface area contributed by atoms with Crippen molar-refractivity contribution in [2.24, 2.45) is 0 Å². The molecule has 0 fully saturated rings. The van der Waals surface area contributed by atoms with Crippen LogP contribution in [-0.4, -0.2) is 32.5 Å². The smallest absolute Gasteiger partial charge is 0.338 e. The molecular formula is C17H16FNO5S. The van der Waals surface area contributed by atoms with Crippen LogP contribution in [0, 0.1) is 5.82 Å². The number of rotatable bonds is 6. The number of benzene rings is 2. The van der Waals surface area contributed by atoms with Gasteiger partial charge < -0.3 is 4.74 Å². The summed E-state index contributed by atoms with van der Waals surface area (Å²) in [6, 6.07) is 10.7. The molecule has 0 aliphatic rings. The Morgan fingerprint density at radius 2 is 1.72 bits per heavy atom. The van der Waals surface area contributed by atoms with E-state index in [-0.39, 0.29) is 11.1 Å². The molecule has 25 heavy (non-hydrogen) atoms. The maximum atomic E-state index is 13.1. The van der Waals surface area contributed by atoms with E-state index < -0.39 is 33.7 Å². The van der Waals surface area contributed by atoms with Crippen molar-refractivity contribution in [2.75, 3.05) is 11.0 Å². The number of anilines is 1. The first-order valence-electron chi connectivity index (χ1n) is 7.24. The maximum absolute atomic E-state index is 13.1. The number of nitrogens with one attached hydrogen (secondary N) is 1. The minimum absolute atomic E-state index is 0.00681. The third-order valence-corrected chi connectivity index (χ3v) is 3.79. The number of ketones is 1. The van der Waals surface area contributed by atoms with Crippen LogP contribution >= 0.6 is 0 Å². The minimum Gasteiger partial charge on any atom is -0.451 e. The normalized spacial score (nSPS) is 12.3. The lowest BCUT2D eigenvalue weighted by Gasteiger charge is -2.13. The van der Waals surface area contributed by atoms with Crippen LogP contribution in [0.15, 0.2) is 48.5 Å². The molecule has 0 saturated heterocycles.